The number of halogens is 1. The molecule has 0 aliphatic rings. The monoisotopic (exact) mass is 263 g/mol. The fraction of sp³-hybridized carbons (Fsp3) is 0.154. The minimum Gasteiger partial charge on any atom is -0.489 e. The Balaban J connectivity index is 2.01. The van der Waals surface area contributed by atoms with Crippen molar-refractivity contribution in [2.75, 3.05) is 5.43 Å². The highest BCUT2D eigenvalue weighted by Gasteiger charge is 2.00. The molecule has 0 aliphatic heterocycles. The molecule has 0 radical (unpaired) electrons. The molecular formula is C13H14ClN3O. The van der Waals surface area contributed by atoms with E-state index in [-0.39, 0.29) is 0 Å². The molecule has 4 nitrogen and oxygen atoms in total. The number of ether oxygens (including phenoxy) is 1. The second kappa shape index (κ2) is 5.71. The van der Waals surface area contributed by atoms with Crippen molar-refractivity contribution in [1.29, 1.82) is 0 Å². The van der Waals surface area contributed by atoms with Gasteiger partial charge in [-0.05, 0) is 36.8 Å². The minimum atomic E-state index is 0.442. The van der Waals surface area contributed by atoms with Crippen LogP contribution in [-0.4, -0.2) is 4.98 Å². The second-order valence-corrected chi connectivity index (χ2v) is 4.39. The molecule has 0 amide bonds. The SMILES string of the molecule is Cc1cc(Cl)cc(OCc2ccc(NN)nc2)c1. The van der Waals surface area contributed by atoms with E-state index < -0.39 is 0 Å². The van der Waals surface area contributed by atoms with Gasteiger partial charge in [-0.25, -0.2) is 10.8 Å². The zero-order valence-corrected chi connectivity index (χ0v) is 10.7. The molecule has 0 spiro atoms. The van der Waals surface area contributed by atoms with E-state index in [1.54, 1.807) is 18.3 Å². The van der Waals surface area contributed by atoms with Crippen LogP contribution in [0.1, 0.15) is 11.1 Å². The Morgan fingerprint density at radius 2 is 2.17 bits per heavy atom. The number of hydrogen-bond donors (Lipinski definition) is 2. The van der Waals surface area contributed by atoms with Crippen molar-refractivity contribution in [3.05, 3.63) is 52.7 Å². The highest BCUT2D eigenvalue weighted by molar-refractivity contribution is 6.30. The number of pyridine rings is 1. The topological polar surface area (TPSA) is 60.2 Å². The number of hydrazine groups is 1. The molecule has 0 fully saturated rings. The van der Waals surface area contributed by atoms with E-state index in [4.69, 9.17) is 22.2 Å². The summed E-state index contributed by atoms with van der Waals surface area (Å²) < 4.78 is 5.65. The summed E-state index contributed by atoms with van der Waals surface area (Å²) in [6.07, 6.45) is 1.71. The molecule has 1 aromatic carbocycles. The van der Waals surface area contributed by atoms with E-state index in [0.717, 1.165) is 16.9 Å². The fourth-order valence-corrected chi connectivity index (χ4v) is 1.83. The van der Waals surface area contributed by atoms with Crippen molar-refractivity contribution in [2.45, 2.75) is 13.5 Å². The first-order chi connectivity index (χ1) is 8.67. The molecule has 1 aromatic heterocycles. The predicted molar refractivity (Wildman–Crippen MR) is 72.6 cm³/mol. The second-order valence-electron chi connectivity index (χ2n) is 3.95. The van der Waals surface area contributed by atoms with Crippen LogP contribution < -0.4 is 16.0 Å². The first kappa shape index (κ1) is 12.7. The number of aryl methyl sites for hydroxylation is 1. The smallest absolute Gasteiger partial charge is 0.139 e. The van der Waals surface area contributed by atoms with Gasteiger partial charge in [0.05, 0.1) is 0 Å². The van der Waals surface area contributed by atoms with Gasteiger partial charge in [-0.1, -0.05) is 17.7 Å². The van der Waals surface area contributed by atoms with E-state index in [2.05, 4.69) is 10.4 Å². The molecule has 0 saturated heterocycles. The maximum Gasteiger partial charge on any atom is 0.139 e. The third-order valence-corrected chi connectivity index (χ3v) is 2.61. The van der Waals surface area contributed by atoms with Gasteiger partial charge in [-0.15, -0.1) is 0 Å². The van der Waals surface area contributed by atoms with Crippen molar-refractivity contribution in [2.24, 2.45) is 5.84 Å². The van der Waals surface area contributed by atoms with Crippen molar-refractivity contribution in [3.63, 3.8) is 0 Å². The highest BCUT2D eigenvalue weighted by atomic mass is 35.5. The Hall–Kier alpha value is -1.78. The summed E-state index contributed by atoms with van der Waals surface area (Å²) in [5.74, 6) is 6.61. The van der Waals surface area contributed by atoms with Crippen LogP contribution in [0.3, 0.4) is 0 Å². The van der Waals surface area contributed by atoms with Crippen LogP contribution in [0.25, 0.3) is 0 Å². The Morgan fingerprint density at radius 3 is 2.78 bits per heavy atom. The summed E-state index contributed by atoms with van der Waals surface area (Å²) in [7, 11) is 0. The van der Waals surface area contributed by atoms with Gasteiger partial charge in [0.1, 0.15) is 18.2 Å². The number of nitrogen functional groups attached to an aromatic ring is 1. The van der Waals surface area contributed by atoms with E-state index in [9.17, 15) is 0 Å². The van der Waals surface area contributed by atoms with Gasteiger partial charge >= 0.3 is 0 Å². The summed E-state index contributed by atoms with van der Waals surface area (Å²) >= 11 is 5.96. The van der Waals surface area contributed by atoms with Crippen molar-refractivity contribution < 1.29 is 4.74 Å². The maximum absolute atomic E-state index is 5.96. The minimum absolute atomic E-state index is 0.442. The van der Waals surface area contributed by atoms with Crippen LogP contribution in [0.2, 0.25) is 5.02 Å². The van der Waals surface area contributed by atoms with Gasteiger partial charge < -0.3 is 10.2 Å². The van der Waals surface area contributed by atoms with Crippen molar-refractivity contribution in [3.8, 4) is 5.75 Å². The number of aromatic nitrogens is 1. The molecule has 1 heterocycles. The lowest BCUT2D eigenvalue weighted by Gasteiger charge is -2.08. The number of nitrogens with two attached hydrogens (primary N) is 1. The van der Waals surface area contributed by atoms with Gasteiger partial charge in [0.2, 0.25) is 0 Å². The van der Waals surface area contributed by atoms with Crippen LogP contribution in [-0.2, 0) is 6.61 Å². The third kappa shape index (κ3) is 3.35. The Bertz CT molecular complexity index is 508. The summed E-state index contributed by atoms with van der Waals surface area (Å²) in [6.45, 7) is 2.42. The first-order valence-electron chi connectivity index (χ1n) is 5.49. The number of rotatable bonds is 4. The van der Waals surface area contributed by atoms with Gasteiger partial charge in [0.25, 0.3) is 0 Å². The third-order valence-electron chi connectivity index (χ3n) is 2.39. The zero-order chi connectivity index (χ0) is 13.0. The molecule has 0 atom stereocenters. The van der Waals surface area contributed by atoms with E-state index in [0.29, 0.717) is 17.4 Å². The highest BCUT2D eigenvalue weighted by Crippen LogP contribution is 2.21. The van der Waals surface area contributed by atoms with Crippen molar-refractivity contribution in [1.82, 2.24) is 4.98 Å². The molecule has 2 rings (SSSR count). The maximum atomic E-state index is 5.96. The number of nitrogens with one attached hydrogen (secondary N) is 1. The molecule has 2 aromatic rings. The van der Waals surface area contributed by atoms with Gasteiger partial charge in [-0.2, -0.15) is 0 Å². The Labute approximate surface area is 111 Å². The van der Waals surface area contributed by atoms with E-state index in [1.807, 2.05) is 25.1 Å². The summed E-state index contributed by atoms with van der Waals surface area (Å²) in [5, 5.41) is 0.672. The molecule has 5 heteroatoms. The van der Waals surface area contributed by atoms with Gasteiger partial charge in [-0.3, -0.25) is 0 Å². The quantitative estimate of drug-likeness (QED) is 0.658. The van der Waals surface area contributed by atoms with Crippen LogP contribution in [0.4, 0.5) is 5.82 Å². The van der Waals surface area contributed by atoms with E-state index in [1.165, 1.54) is 0 Å². The number of anilines is 1. The number of nitrogens with zero attached hydrogens (tertiary/aromatic N) is 1. The normalized spacial score (nSPS) is 10.2. The first-order valence-corrected chi connectivity index (χ1v) is 5.87. The summed E-state index contributed by atoms with van der Waals surface area (Å²) in [6, 6.07) is 9.31. The van der Waals surface area contributed by atoms with Crippen LogP contribution in [0.15, 0.2) is 36.5 Å². The molecule has 0 aliphatic carbocycles. The van der Waals surface area contributed by atoms with Crippen LogP contribution >= 0.6 is 11.6 Å². The number of benzene rings is 1. The lowest BCUT2D eigenvalue weighted by atomic mass is 10.2. The molecular weight excluding hydrogens is 250 g/mol. The van der Waals surface area contributed by atoms with E-state index >= 15 is 0 Å². The fourth-order valence-electron chi connectivity index (χ4n) is 1.55. The Kier molecular flexibility index (Phi) is 4.02. The summed E-state index contributed by atoms with van der Waals surface area (Å²) in [4.78, 5) is 4.10. The standard InChI is InChI=1S/C13H14ClN3O/c1-9-4-11(14)6-12(5-9)18-8-10-2-3-13(17-15)16-7-10/h2-7H,8,15H2,1H3,(H,16,17). The average Bonchev–Trinajstić information content (AvgIpc) is 2.36. The van der Waals surface area contributed by atoms with Gasteiger partial charge in [0.15, 0.2) is 0 Å². The molecule has 0 unspecified atom stereocenters. The van der Waals surface area contributed by atoms with Crippen LogP contribution in [0, 0.1) is 6.92 Å². The lowest BCUT2D eigenvalue weighted by molar-refractivity contribution is 0.305. The molecule has 0 saturated carbocycles. The largest absolute Gasteiger partial charge is 0.489 e. The molecule has 94 valence electrons. The molecule has 18 heavy (non-hydrogen) atoms. The summed E-state index contributed by atoms with van der Waals surface area (Å²) in [5.41, 5.74) is 4.51. The predicted octanol–water partition coefficient (Wildman–Crippen LogP) is 2.91. The molecule has 0 bridgehead atoms. The average molecular weight is 264 g/mol. The lowest BCUT2D eigenvalue weighted by Crippen LogP contribution is -2.08. The number of hydrogen-bond acceptors (Lipinski definition) is 4. The zero-order valence-electron chi connectivity index (χ0n) is 9.98. The molecule has 3 N–H and O–H groups in total. The van der Waals surface area contributed by atoms with Crippen molar-refractivity contribution >= 4 is 17.4 Å². The van der Waals surface area contributed by atoms with Gasteiger partial charge in [0, 0.05) is 16.8 Å². The Morgan fingerprint density at radius 1 is 1.33 bits per heavy atom. The van der Waals surface area contributed by atoms with Crippen LogP contribution in [0.5, 0.6) is 5.75 Å².